The van der Waals surface area contributed by atoms with E-state index in [1.165, 1.54) is 42.0 Å². The maximum atomic E-state index is 4.25. The number of rotatable bonds is 1. The minimum absolute atomic E-state index is 1.20. The summed E-state index contributed by atoms with van der Waals surface area (Å²) < 4.78 is 0. The lowest BCUT2D eigenvalue weighted by Gasteiger charge is -2.09. The molecular weight excluding hydrogens is 156 g/mol. The summed E-state index contributed by atoms with van der Waals surface area (Å²) in [5.74, 6) is 0. The van der Waals surface area contributed by atoms with Crippen molar-refractivity contribution in [1.29, 1.82) is 0 Å². The summed E-state index contributed by atoms with van der Waals surface area (Å²) in [6.07, 6.45) is 7.17. The summed E-state index contributed by atoms with van der Waals surface area (Å²) in [4.78, 5) is 0. The van der Waals surface area contributed by atoms with Crippen LogP contribution in [0.4, 0.5) is 0 Å². The Morgan fingerprint density at radius 1 is 1.36 bits per heavy atom. The molecule has 0 saturated carbocycles. The Morgan fingerprint density at radius 2 is 2.18 bits per heavy atom. The van der Waals surface area contributed by atoms with Gasteiger partial charge < -0.3 is 0 Å². The van der Waals surface area contributed by atoms with Crippen LogP contribution in [-0.4, -0.2) is 16.5 Å². The second-order valence-corrected chi connectivity index (χ2v) is 3.69. The quantitative estimate of drug-likeness (QED) is 0.650. The Morgan fingerprint density at radius 3 is 3.00 bits per heavy atom. The van der Waals surface area contributed by atoms with Crippen molar-refractivity contribution in [2.45, 2.75) is 30.7 Å². The minimum Gasteiger partial charge on any atom is -0.281 e. The van der Waals surface area contributed by atoms with Crippen LogP contribution in [0, 0.1) is 0 Å². The predicted octanol–water partition coefficient (Wildman–Crippen LogP) is 2.01. The van der Waals surface area contributed by atoms with Gasteiger partial charge in [-0.15, -0.1) is 11.8 Å². The summed E-state index contributed by atoms with van der Waals surface area (Å²) in [5.41, 5.74) is 2.85. The normalized spacial score (nSPS) is 16.5. The number of aryl methyl sites for hydroxylation is 1. The van der Waals surface area contributed by atoms with Crippen LogP contribution in [0.1, 0.15) is 24.1 Å². The van der Waals surface area contributed by atoms with E-state index in [1.807, 2.05) is 0 Å². The van der Waals surface area contributed by atoms with Crippen LogP contribution in [0.25, 0.3) is 0 Å². The van der Waals surface area contributed by atoms with E-state index in [1.54, 1.807) is 11.8 Å². The van der Waals surface area contributed by atoms with Gasteiger partial charge in [0, 0.05) is 11.3 Å². The fourth-order valence-corrected chi connectivity index (χ4v) is 2.23. The molecule has 1 aliphatic carbocycles. The van der Waals surface area contributed by atoms with E-state index in [2.05, 4.69) is 16.5 Å². The lowest BCUT2D eigenvalue weighted by Crippen LogP contribution is -2.00. The smallest absolute Gasteiger partial charge is 0.121 e. The van der Waals surface area contributed by atoms with E-state index in [9.17, 15) is 0 Å². The zero-order valence-electron chi connectivity index (χ0n) is 6.68. The van der Waals surface area contributed by atoms with Crippen molar-refractivity contribution < 1.29 is 0 Å². The number of hydrogen-bond acceptors (Lipinski definition) is 2. The first-order valence-electron chi connectivity index (χ1n) is 4.02. The number of aromatic nitrogens is 2. The van der Waals surface area contributed by atoms with Crippen molar-refractivity contribution in [3.63, 3.8) is 0 Å². The predicted molar refractivity (Wildman–Crippen MR) is 47.0 cm³/mol. The lowest BCUT2D eigenvalue weighted by atomic mass is 9.99. The van der Waals surface area contributed by atoms with Gasteiger partial charge >= 0.3 is 0 Å². The van der Waals surface area contributed by atoms with Gasteiger partial charge in [-0.3, -0.25) is 5.10 Å². The molecule has 2 nitrogen and oxygen atoms in total. The van der Waals surface area contributed by atoms with Crippen LogP contribution in [-0.2, 0) is 12.8 Å². The van der Waals surface area contributed by atoms with Gasteiger partial charge in [0.15, 0.2) is 0 Å². The molecule has 0 fully saturated rings. The molecule has 2 rings (SSSR count). The second kappa shape index (κ2) is 2.89. The fourth-order valence-electron chi connectivity index (χ4n) is 1.62. The third-order valence-corrected chi connectivity index (χ3v) is 2.94. The molecule has 0 amide bonds. The van der Waals surface area contributed by atoms with Gasteiger partial charge in [0.2, 0.25) is 0 Å². The number of fused-ring (bicyclic) bond motifs is 1. The highest BCUT2D eigenvalue weighted by Crippen LogP contribution is 2.26. The van der Waals surface area contributed by atoms with E-state index in [-0.39, 0.29) is 0 Å². The Kier molecular flexibility index (Phi) is 1.90. The summed E-state index contributed by atoms with van der Waals surface area (Å²) in [6, 6.07) is 0. The Balaban J connectivity index is 2.38. The highest BCUT2D eigenvalue weighted by atomic mass is 32.2. The molecule has 1 aliphatic rings. The first-order chi connectivity index (χ1) is 5.42. The molecule has 3 heteroatoms. The van der Waals surface area contributed by atoms with E-state index in [0.717, 1.165) is 0 Å². The first-order valence-corrected chi connectivity index (χ1v) is 5.24. The summed E-state index contributed by atoms with van der Waals surface area (Å²) >= 11 is 1.75. The molecule has 1 N–H and O–H groups in total. The van der Waals surface area contributed by atoms with Crippen molar-refractivity contribution in [2.75, 3.05) is 6.26 Å². The highest BCUT2D eigenvalue weighted by molar-refractivity contribution is 7.98. The monoisotopic (exact) mass is 168 g/mol. The molecule has 1 heterocycles. The van der Waals surface area contributed by atoms with E-state index >= 15 is 0 Å². The van der Waals surface area contributed by atoms with Crippen LogP contribution in [0.15, 0.2) is 5.03 Å². The molecule has 60 valence electrons. The van der Waals surface area contributed by atoms with Gasteiger partial charge in [0.25, 0.3) is 0 Å². The summed E-state index contributed by atoms with van der Waals surface area (Å²) in [7, 11) is 0. The number of thioether (sulfide) groups is 1. The molecule has 0 unspecified atom stereocenters. The molecule has 1 aromatic rings. The SMILES string of the molecule is CSc1n[nH]c2c1CCCC2. The molecule has 1 aromatic heterocycles. The van der Waals surface area contributed by atoms with Gasteiger partial charge in [-0.2, -0.15) is 5.10 Å². The average molecular weight is 168 g/mol. The number of H-pyrrole nitrogens is 1. The van der Waals surface area contributed by atoms with Crippen LogP contribution in [0.3, 0.4) is 0 Å². The third kappa shape index (κ3) is 1.18. The van der Waals surface area contributed by atoms with Crippen molar-refractivity contribution in [2.24, 2.45) is 0 Å². The summed E-state index contributed by atoms with van der Waals surface area (Å²) in [6.45, 7) is 0. The molecule has 0 spiro atoms. The van der Waals surface area contributed by atoms with Gasteiger partial charge in [0.05, 0.1) is 0 Å². The second-order valence-electron chi connectivity index (χ2n) is 2.90. The third-order valence-electron chi connectivity index (χ3n) is 2.21. The van der Waals surface area contributed by atoms with Crippen molar-refractivity contribution >= 4 is 11.8 Å². The largest absolute Gasteiger partial charge is 0.281 e. The molecule has 0 bridgehead atoms. The van der Waals surface area contributed by atoms with Crippen LogP contribution < -0.4 is 0 Å². The van der Waals surface area contributed by atoms with Crippen molar-refractivity contribution in [3.8, 4) is 0 Å². The number of aromatic amines is 1. The molecule has 0 radical (unpaired) electrons. The van der Waals surface area contributed by atoms with Crippen LogP contribution >= 0.6 is 11.8 Å². The number of nitrogens with zero attached hydrogens (tertiary/aromatic N) is 1. The molecule has 0 atom stereocenters. The first kappa shape index (κ1) is 7.22. The van der Waals surface area contributed by atoms with Gasteiger partial charge in [-0.1, -0.05) is 0 Å². The van der Waals surface area contributed by atoms with E-state index < -0.39 is 0 Å². The van der Waals surface area contributed by atoms with Crippen LogP contribution in [0.5, 0.6) is 0 Å². The Bertz CT molecular complexity index is 241. The number of nitrogens with one attached hydrogen (secondary N) is 1. The van der Waals surface area contributed by atoms with Gasteiger partial charge in [-0.05, 0) is 31.9 Å². The maximum Gasteiger partial charge on any atom is 0.121 e. The van der Waals surface area contributed by atoms with E-state index in [4.69, 9.17) is 0 Å². The fraction of sp³-hybridized carbons (Fsp3) is 0.625. The van der Waals surface area contributed by atoms with Crippen LogP contribution in [0.2, 0.25) is 0 Å². The van der Waals surface area contributed by atoms with Crippen molar-refractivity contribution in [3.05, 3.63) is 11.3 Å². The Hall–Kier alpha value is -0.440. The average Bonchev–Trinajstić information content (AvgIpc) is 2.47. The Labute approximate surface area is 70.8 Å². The molecular formula is C8H12N2S. The standard InChI is InChI=1S/C8H12N2S/c1-11-8-6-4-2-3-5-7(6)9-10-8/h2-5H2,1H3,(H,9,10). The molecule has 11 heavy (non-hydrogen) atoms. The topological polar surface area (TPSA) is 28.7 Å². The number of hydrogen-bond donors (Lipinski definition) is 1. The highest BCUT2D eigenvalue weighted by Gasteiger charge is 2.15. The zero-order chi connectivity index (χ0) is 7.68. The van der Waals surface area contributed by atoms with E-state index in [0.29, 0.717) is 0 Å². The minimum atomic E-state index is 1.20. The zero-order valence-corrected chi connectivity index (χ0v) is 7.50. The summed E-state index contributed by atoms with van der Waals surface area (Å²) in [5, 5.41) is 8.57. The van der Waals surface area contributed by atoms with Gasteiger partial charge in [0.1, 0.15) is 5.03 Å². The van der Waals surface area contributed by atoms with Crippen molar-refractivity contribution in [1.82, 2.24) is 10.2 Å². The molecule has 0 saturated heterocycles. The maximum absolute atomic E-state index is 4.25. The molecule has 0 aliphatic heterocycles. The van der Waals surface area contributed by atoms with Gasteiger partial charge in [-0.25, -0.2) is 0 Å². The lowest BCUT2D eigenvalue weighted by molar-refractivity contribution is 0.671. The molecule has 0 aromatic carbocycles.